The number of hydrogen-bond acceptors (Lipinski definition) is 6. The van der Waals surface area contributed by atoms with E-state index in [2.05, 4.69) is 0 Å². The van der Waals surface area contributed by atoms with E-state index >= 15 is 0 Å². The third kappa shape index (κ3) is 7.77. The molecule has 0 unspecified atom stereocenters. The predicted octanol–water partition coefficient (Wildman–Crippen LogP) is 7.83. The summed E-state index contributed by atoms with van der Waals surface area (Å²) in [5.41, 5.74) is -2.84. The fourth-order valence-corrected chi connectivity index (χ4v) is 4.85. The van der Waals surface area contributed by atoms with Gasteiger partial charge in [0.2, 0.25) is 0 Å². The monoisotopic (exact) mass is 620 g/mol. The number of nitrogens with zero attached hydrogens (tertiary/aromatic N) is 2. The van der Waals surface area contributed by atoms with Crippen molar-refractivity contribution in [3.8, 4) is 11.5 Å². The smallest absolute Gasteiger partial charge is 0.416 e. The van der Waals surface area contributed by atoms with Crippen LogP contribution in [0.15, 0.2) is 30.3 Å². The molecule has 0 N–H and O–H groups in total. The third-order valence-corrected chi connectivity index (χ3v) is 6.77. The topological polar surface area (TPSA) is 77.5 Å². The molecule has 14 heteroatoms. The highest BCUT2D eigenvalue weighted by Gasteiger charge is 2.42. The second-order valence-electron chi connectivity index (χ2n) is 10.4. The molecular formula is C29H34F6N2O6. The highest BCUT2D eigenvalue weighted by atomic mass is 19.4. The van der Waals surface area contributed by atoms with E-state index in [0.717, 1.165) is 4.90 Å². The fraction of sp³-hybridized carbons (Fsp3) is 0.517. The Morgan fingerprint density at radius 2 is 1.49 bits per heavy atom. The van der Waals surface area contributed by atoms with Crippen LogP contribution in [0.25, 0.3) is 0 Å². The number of carbonyl (C=O) groups is 2. The molecule has 1 heterocycles. The Hall–Kier alpha value is -3.84. The van der Waals surface area contributed by atoms with Gasteiger partial charge in [-0.25, -0.2) is 9.59 Å². The summed E-state index contributed by atoms with van der Waals surface area (Å²) < 4.78 is 103. The van der Waals surface area contributed by atoms with Gasteiger partial charge in [-0.2, -0.15) is 26.3 Å². The van der Waals surface area contributed by atoms with Gasteiger partial charge in [0, 0.05) is 24.2 Å². The molecular weight excluding hydrogens is 586 g/mol. The molecule has 43 heavy (non-hydrogen) atoms. The number of hydrogen-bond donors (Lipinski definition) is 0. The minimum atomic E-state index is -5.07. The number of amides is 2. The normalized spacial score (nSPS) is 16.9. The van der Waals surface area contributed by atoms with E-state index in [0.29, 0.717) is 17.7 Å². The molecule has 0 fully saturated rings. The molecule has 8 nitrogen and oxygen atoms in total. The highest BCUT2D eigenvalue weighted by molar-refractivity contribution is 5.91. The fourth-order valence-electron chi connectivity index (χ4n) is 4.85. The lowest BCUT2D eigenvalue weighted by atomic mass is 9.90. The maximum absolute atomic E-state index is 13.6. The Labute approximate surface area is 245 Å². The zero-order valence-corrected chi connectivity index (χ0v) is 24.6. The average Bonchev–Trinajstić information content (AvgIpc) is 2.92. The summed E-state index contributed by atoms with van der Waals surface area (Å²) in [6, 6.07) is 2.60. The van der Waals surface area contributed by atoms with Crippen molar-refractivity contribution in [1.29, 1.82) is 0 Å². The van der Waals surface area contributed by atoms with Crippen LogP contribution in [0.1, 0.15) is 62.4 Å². The van der Waals surface area contributed by atoms with Crippen molar-refractivity contribution in [1.82, 2.24) is 4.90 Å². The molecule has 1 aliphatic rings. The van der Waals surface area contributed by atoms with E-state index < -0.39 is 59.9 Å². The first-order chi connectivity index (χ1) is 20.0. The Bertz CT molecular complexity index is 1280. The standard InChI is InChI=1S/C29H34F6N2O6/c1-7-42-27(39)37-17(4)8-22(21-12-24(40-5)25(41-6)13-23(21)37)36(26(38)43-15-16(2)3)14-18-9-19(28(30,31)32)11-20(10-18)29(33,34)35/h9-13,16-17,22H,7-8,14-15H2,1-6H3/t17-,22+/m1/s1. The lowest BCUT2D eigenvalue weighted by molar-refractivity contribution is -0.143. The summed E-state index contributed by atoms with van der Waals surface area (Å²) in [4.78, 5) is 28.9. The lowest BCUT2D eigenvalue weighted by Crippen LogP contribution is -2.48. The third-order valence-electron chi connectivity index (χ3n) is 6.77. The summed E-state index contributed by atoms with van der Waals surface area (Å²) in [5, 5.41) is 0. The van der Waals surface area contributed by atoms with Crippen molar-refractivity contribution in [2.45, 2.75) is 65.1 Å². The summed E-state index contributed by atoms with van der Waals surface area (Å²) >= 11 is 0. The van der Waals surface area contributed by atoms with Crippen molar-refractivity contribution in [2.24, 2.45) is 5.92 Å². The number of halogens is 6. The van der Waals surface area contributed by atoms with Gasteiger partial charge in [-0.15, -0.1) is 0 Å². The number of anilines is 1. The number of methoxy groups -OCH3 is 2. The van der Waals surface area contributed by atoms with Crippen LogP contribution in [0.3, 0.4) is 0 Å². The molecule has 0 aromatic heterocycles. The van der Waals surface area contributed by atoms with Crippen molar-refractivity contribution < 1.29 is 54.9 Å². The Balaban J connectivity index is 2.23. The quantitative estimate of drug-likeness (QED) is 0.280. The Morgan fingerprint density at radius 3 is 1.98 bits per heavy atom. The van der Waals surface area contributed by atoms with Gasteiger partial charge >= 0.3 is 24.5 Å². The molecule has 0 spiro atoms. The van der Waals surface area contributed by atoms with Crippen LogP contribution in [0, 0.1) is 5.92 Å². The molecule has 0 saturated carbocycles. The molecule has 0 aliphatic carbocycles. The number of ether oxygens (including phenoxy) is 4. The van der Waals surface area contributed by atoms with Crippen LogP contribution in [-0.2, 0) is 28.4 Å². The molecule has 2 amide bonds. The van der Waals surface area contributed by atoms with Crippen molar-refractivity contribution in [2.75, 3.05) is 32.3 Å². The van der Waals surface area contributed by atoms with Crippen LogP contribution in [-0.4, -0.2) is 50.6 Å². The van der Waals surface area contributed by atoms with E-state index in [-0.39, 0.29) is 48.8 Å². The van der Waals surface area contributed by atoms with Crippen LogP contribution >= 0.6 is 0 Å². The number of benzene rings is 2. The predicted molar refractivity (Wildman–Crippen MR) is 144 cm³/mol. The van der Waals surface area contributed by atoms with Crippen LogP contribution in [0.5, 0.6) is 11.5 Å². The molecule has 0 bridgehead atoms. The van der Waals surface area contributed by atoms with E-state index in [4.69, 9.17) is 18.9 Å². The summed E-state index contributed by atoms with van der Waals surface area (Å²) in [7, 11) is 2.74. The van der Waals surface area contributed by atoms with Gasteiger partial charge in [-0.05, 0) is 56.0 Å². The molecule has 2 atom stereocenters. The summed E-state index contributed by atoms with van der Waals surface area (Å²) in [6.07, 6.45) is -11.8. The number of fused-ring (bicyclic) bond motifs is 1. The Kier molecular flexibility index (Phi) is 10.3. The maximum Gasteiger partial charge on any atom is 0.416 e. The SMILES string of the molecule is CCOC(=O)N1c2cc(OC)c(OC)cc2[C@@H](N(Cc2cc(C(F)(F)F)cc(C(F)(F)F)c2)C(=O)OCC(C)C)C[C@H]1C. The molecule has 238 valence electrons. The maximum atomic E-state index is 13.6. The van der Waals surface area contributed by atoms with E-state index in [9.17, 15) is 35.9 Å². The summed E-state index contributed by atoms with van der Waals surface area (Å²) in [5.74, 6) is 0.348. The largest absolute Gasteiger partial charge is 0.493 e. The van der Waals surface area contributed by atoms with Crippen LogP contribution in [0.4, 0.5) is 41.6 Å². The van der Waals surface area contributed by atoms with Gasteiger partial charge in [0.1, 0.15) is 0 Å². The van der Waals surface area contributed by atoms with Gasteiger partial charge in [0.25, 0.3) is 0 Å². The van der Waals surface area contributed by atoms with Crippen LogP contribution in [0.2, 0.25) is 0 Å². The molecule has 0 radical (unpaired) electrons. The van der Waals surface area contributed by atoms with Gasteiger partial charge in [0.05, 0.1) is 50.3 Å². The first-order valence-corrected chi connectivity index (χ1v) is 13.4. The van der Waals surface area contributed by atoms with Crippen molar-refractivity contribution >= 4 is 17.9 Å². The van der Waals surface area contributed by atoms with E-state index in [1.165, 1.54) is 31.3 Å². The van der Waals surface area contributed by atoms with Gasteiger partial charge in [-0.3, -0.25) is 9.80 Å². The zero-order valence-electron chi connectivity index (χ0n) is 24.6. The van der Waals surface area contributed by atoms with Crippen LogP contribution < -0.4 is 14.4 Å². The molecule has 2 aromatic rings. The zero-order chi connectivity index (χ0) is 32.3. The molecule has 2 aromatic carbocycles. The minimum absolute atomic E-state index is 0.0251. The molecule has 0 saturated heterocycles. The number of rotatable bonds is 8. The molecule has 3 rings (SSSR count). The van der Waals surface area contributed by atoms with E-state index in [1.807, 2.05) is 0 Å². The highest BCUT2D eigenvalue weighted by Crippen LogP contribution is 2.47. The van der Waals surface area contributed by atoms with Gasteiger partial charge < -0.3 is 18.9 Å². The second kappa shape index (κ2) is 13.2. The number of alkyl halides is 6. The van der Waals surface area contributed by atoms with E-state index in [1.54, 1.807) is 27.7 Å². The second-order valence-corrected chi connectivity index (χ2v) is 10.4. The first kappa shape index (κ1) is 33.7. The average molecular weight is 621 g/mol. The van der Waals surface area contributed by atoms with Crippen molar-refractivity contribution in [3.63, 3.8) is 0 Å². The van der Waals surface area contributed by atoms with Gasteiger partial charge in [0.15, 0.2) is 11.5 Å². The molecule has 1 aliphatic heterocycles. The Morgan fingerprint density at radius 1 is 0.930 bits per heavy atom. The van der Waals surface area contributed by atoms with Gasteiger partial charge in [-0.1, -0.05) is 13.8 Å². The summed E-state index contributed by atoms with van der Waals surface area (Å²) in [6.45, 7) is 6.20. The first-order valence-electron chi connectivity index (χ1n) is 13.4. The minimum Gasteiger partial charge on any atom is -0.493 e. The number of carbonyl (C=O) groups excluding carboxylic acids is 2. The van der Waals surface area contributed by atoms with Crippen molar-refractivity contribution in [3.05, 3.63) is 52.6 Å². The lowest BCUT2D eigenvalue weighted by Gasteiger charge is -2.43.